The molecule has 4 rings (SSSR count). The van der Waals surface area contributed by atoms with Gasteiger partial charge in [-0.2, -0.15) is 0 Å². The lowest BCUT2D eigenvalue weighted by atomic mass is 9.89. The first-order chi connectivity index (χ1) is 13.2. The molecule has 140 valence electrons. The zero-order valence-corrected chi connectivity index (χ0v) is 15.6. The minimum absolute atomic E-state index is 0.00791. The van der Waals surface area contributed by atoms with Gasteiger partial charge in [-0.25, -0.2) is 4.98 Å². The molecule has 1 aliphatic heterocycles. The Morgan fingerprint density at radius 3 is 2.74 bits per heavy atom. The number of benzene rings is 1. The predicted molar refractivity (Wildman–Crippen MR) is 104 cm³/mol. The van der Waals surface area contributed by atoms with E-state index in [0.29, 0.717) is 23.0 Å². The number of aromatic amines is 1. The molecule has 0 bridgehead atoms. The van der Waals surface area contributed by atoms with E-state index in [1.54, 1.807) is 38.6 Å². The Morgan fingerprint density at radius 1 is 1.19 bits per heavy atom. The zero-order chi connectivity index (χ0) is 18.8. The maximum absolute atomic E-state index is 13.0. The first-order valence-corrected chi connectivity index (χ1v) is 9.14. The van der Waals surface area contributed by atoms with Crippen LogP contribution in [0.25, 0.3) is 11.0 Å². The highest BCUT2D eigenvalue weighted by Crippen LogP contribution is 2.34. The van der Waals surface area contributed by atoms with Gasteiger partial charge in [-0.05, 0) is 48.6 Å². The molecule has 3 aromatic rings. The summed E-state index contributed by atoms with van der Waals surface area (Å²) in [6.45, 7) is 1.46. The third-order valence-electron chi connectivity index (χ3n) is 5.34. The Hall–Kier alpha value is -3.02. The molecule has 27 heavy (non-hydrogen) atoms. The molecule has 0 saturated carbocycles. The van der Waals surface area contributed by atoms with Crippen LogP contribution in [-0.2, 0) is 0 Å². The number of likely N-dealkylation sites (tertiary alicyclic amines) is 1. The summed E-state index contributed by atoms with van der Waals surface area (Å²) in [4.78, 5) is 22.5. The normalized spacial score (nSPS) is 15.1. The third-order valence-corrected chi connectivity index (χ3v) is 5.34. The number of ether oxygens (including phenoxy) is 2. The number of nitrogens with one attached hydrogen (secondary N) is 1. The second-order valence-electron chi connectivity index (χ2n) is 6.78. The van der Waals surface area contributed by atoms with E-state index in [1.807, 2.05) is 11.0 Å². The van der Waals surface area contributed by atoms with E-state index < -0.39 is 0 Å². The van der Waals surface area contributed by atoms with Crippen molar-refractivity contribution in [2.75, 3.05) is 27.3 Å². The van der Waals surface area contributed by atoms with Gasteiger partial charge in [0, 0.05) is 36.9 Å². The third kappa shape index (κ3) is 3.23. The fourth-order valence-electron chi connectivity index (χ4n) is 3.85. The molecule has 1 aromatic carbocycles. The number of hydrogen-bond donors (Lipinski definition) is 1. The number of aromatic nitrogens is 2. The monoisotopic (exact) mass is 365 g/mol. The van der Waals surface area contributed by atoms with Crippen LogP contribution in [0.3, 0.4) is 0 Å². The van der Waals surface area contributed by atoms with E-state index in [-0.39, 0.29) is 5.91 Å². The average Bonchev–Trinajstić information content (AvgIpc) is 3.17. The van der Waals surface area contributed by atoms with Gasteiger partial charge in [0.05, 0.1) is 19.8 Å². The van der Waals surface area contributed by atoms with E-state index in [4.69, 9.17) is 9.47 Å². The largest absolute Gasteiger partial charge is 0.497 e. The smallest absolute Gasteiger partial charge is 0.257 e. The summed E-state index contributed by atoms with van der Waals surface area (Å²) in [5.41, 5.74) is 2.80. The maximum atomic E-state index is 13.0. The maximum Gasteiger partial charge on any atom is 0.257 e. The number of piperidine rings is 1. The van der Waals surface area contributed by atoms with Crippen molar-refractivity contribution in [3.63, 3.8) is 0 Å². The Morgan fingerprint density at radius 2 is 2.00 bits per heavy atom. The number of pyridine rings is 1. The summed E-state index contributed by atoms with van der Waals surface area (Å²) in [5.74, 6) is 1.66. The molecule has 0 atom stereocenters. The van der Waals surface area contributed by atoms with Crippen molar-refractivity contribution in [1.82, 2.24) is 14.9 Å². The van der Waals surface area contributed by atoms with Crippen LogP contribution in [0.4, 0.5) is 0 Å². The fraction of sp³-hybridized carbons (Fsp3) is 0.333. The van der Waals surface area contributed by atoms with Gasteiger partial charge >= 0.3 is 0 Å². The minimum Gasteiger partial charge on any atom is -0.497 e. The first-order valence-electron chi connectivity index (χ1n) is 9.14. The second kappa shape index (κ2) is 7.31. The van der Waals surface area contributed by atoms with Gasteiger partial charge in [-0.15, -0.1) is 0 Å². The number of fused-ring (bicyclic) bond motifs is 1. The Kier molecular flexibility index (Phi) is 4.71. The van der Waals surface area contributed by atoms with Crippen molar-refractivity contribution < 1.29 is 14.3 Å². The number of H-pyrrole nitrogens is 1. The van der Waals surface area contributed by atoms with Crippen LogP contribution in [0.1, 0.15) is 34.7 Å². The summed E-state index contributed by atoms with van der Waals surface area (Å²) < 4.78 is 10.6. The van der Waals surface area contributed by atoms with Gasteiger partial charge in [-0.1, -0.05) is 0 Å². The number of carbonyl (C=O) groups is 1. The van der Waals surface area contributed by atoms with Crippen LogP contribution < -0.4 is 9.47 Å². The van der Waals surface area contributed by atoms with Crippen LogP contribution in [0.5, 0.6) is 11.5 Å². The average molecular weight is 365 g/mol. The van der Waals surface area contributed by atoms with E-state index in [1.165, 1.54) is 10.9 Å². The van der Waals surface area contributed by atoms with Gasteiger partial charge in [0.25, 0.3) is 5.91 Å². The molecule has 6 heteroatoms. The molecule has 6 nitrogen and oxygen atoms in total. The van der Waals surface area contributed by atoms with E-state index >= 15 is 0 Å². The second-order valence-corrected chi connectivity index (χ2v) is 6.78. The van der Waals surface area contributed by atoms with Gasteiger partial charge < -0.3 is 19.4 Å². The zero-order valence-electron chi connectivity index (χ0n) is 15.6. The quantitative estimate of drug-likeness (QED) is 0.767. The van der Waals surface area contributed by atoms with Crippen molar-refractivity contribution in [3.05, 3.63) is 53.9 Å². The van der Waals surface area contributed by atoms with Gasteiger partial charge in [-0.3, -0.25) is 4.79 Å². The molecule has 2 aromatic heterocycles. The van der Waals surface area contributed by atoms with Crippen molar-refractivity contribution in [1.29, 1.82) is 0 Å². The number of hydrogen-bond acceptors (Lipinski definition) is 4. The summed E-state index contributed by atoms with van der Waals surface area (Å²) in [5, 5.41) is 1.18. The molecule has 1 saturated heterocycles. The van der Waals surface area contributed by atoms with Crippen LogP contribution >= 0.6 is 0 Å². The van der Waals surface area contributed by atoms with E-state index in [9.17, 15) is 4.79 Å². The predicted octanol–water partition coefficient (Wildman–Crippen LogP) is 3.60. The van der Waals surface area contributed by atoms with Crippen LogP contribution in [0.2, 0.25) is 0 Å². The number of carbonyl (C=O) groups excluding carboxylic acids is 1. The SMILES string of the molecule is COc1ccc(C(=O)N2CCC(c3c[nH]c4ncccc34)CC2)c(OC)c1. The van der Waals surface area contributed by atoms with E-state index in [2.05, 4.69) is 22.2 Å². The number of rotatable bonds is 4. The number of nitrogens with zero attached hydrogens (tertiary/aromatic N) is 2. The molecular weight excluding hydrogens is 342 g/mol. The Balaban J connectivity index is 1.48. The molecule has 3 heterocycles. The first kappa shape index (κ1) is 17.4. The van der Waals surface area contributed by atoms with Gasteiger partial charge in [0.15, 0.2) is 0 Å². The van der Waals surface area contributed by atoms with Crippen LogP contribution in [-0.4, -0.2) is 48.1 Å². The molecule has 0 unspecified atom stereocenters. The van der Waals surface area contributed by atoms with Crippen LogP contribution in [0.15, 0.2) is 42.7 Å². The fourth-order valence-corrected chi connectivity index (χ4v) is 3.85. The summed E-state index contributed by atoms with van der Waals surface area (Å²) in [6.07, 6.45) is 5.73. The molecule has 1 aliphatic rings. The Labute approximate surface area is 158 Å². The molecule has 0 aliphatic carbocycles. The lowest BCUT2D eigenvalue weighted by Gasteiger charge is -2.32. The molecular formula is C21H23N3O3. The summed E-state index contributed by atoms with van der Waals surface area (Å²) in [6, 6.07) is 9.39. The Bertz CT molecular complexity index is 958. The highest BCUT2D eigenvalue weighted by atomic mass is 16.5. The summed E-state index contributed by atoms with van der Waals surface area (Å²) in [7, 11) is 3.17. The molecule has 1 amide bonds. The van der Waals surface area contributed by atoms with Crippen molar-refractivity contribution in [2.24, 2.45) is 0 Å². The highest BCUT2D eigenvalue weighted by molar-refractivity contribution is 5.97. The van der Waals surface area contributed by atoms with E-state index in [0.717, 1.165) is 31.6 Å². The van der Waals surface area contributed by atoms with Crippen molar-refractivity contribution in [2.45, 2.75) is 18.8 Å². The molecule has 0 radical (unpaired) electrons. The number of methoxy groups -OCH3 is 2. The van der Waals surface area contributed by atoms with Crippen molar-refractivity contribution in [3.8, 4) is 11.5 Å². The van der Waals surface area contributed by atoms with Gasteiger partial charge in [0.2, 0.25) is 0 Å². The minimum atomic E-state index is 0.00791. The van der Waals surface area contributed by atoms with Crippen molar-refractivity contribution >= 4 is 16.9 Å². The lowest BCUT2D eigenvalue weighted by Crippen LogP contribution is -2.38. The van der Waals surface area contributed by atoms with Gasteiger partial charge in [0.1, 0.15) is 17.1 Å². The molecule has 1 fully saturated rings. The molecule has 1 N–H and O–H groups in total. The lowest BCUT2D eigenvalue weighted by molar-refractivity contribution is 0.0710. The summed E-state index contributed by atoms with van der Waals surface area (Å²) >= 11 is 0. The molecule has 0 spiro atoms. The highest BCUT2D eigenvalue weighted by Gasteiger charge is 2.27. The topological polar surface area (TPSA) is 67.5 Å². The number of amides is 1. The standard InChI is InChI=1S/C21H23N3O3/c1-26-15-5-6-17(19(12-15)27-2)21(25)24-10-7-14(8-11-24)18-13-23-20-16(18)4-3-9-22-20/h3-6,9,12-14H,7-8,10-11H2,1-2H3,(H,22,23). The van der Waals surface area contributed by atoms with Crippen LogP contribution in [0, 0.1) is 0 Å².